The largest absolute Gasteiger partial charge is 0.490 e. The molecular weight excluding hydrogens is 368 g/mol. The highest BCUT2D eigenvalue weighted by Crippen LogP contribution is 2.29. The van der Waals surface area contributed by atoms with Crippen LogP contribution in [-0.2, 0) is 4.79 Å². The molecule has 2 aromatic carbocycles. The molecule has 6 heteroatoms. The van der Waals surface area contributed by atoms with Crippen LogP contribution in [0.4, 0.5) is 5.69 Å². The molecule has 0 aliphatic heterocycles. The summed E-state index contributed by atoms with van der Waals surface area (Å²) in [5.41, 5.74) is 1.99. The van der Waals surface area contributed by atoms with Crippen molar-refractivity contribution in [2.24, 2.45) is 0 Å². The zero-order valence-electron chi connectivity index (χ0n) is 17.3. The van der Waals surface area contributed by atoms with Gasteiger partial charge in [0, 0.05) is 23.4 Å². The maximum atomic E-state index is 12.2. The number of hydrogen-bond donors (Lipinski definition) is 2. The second kappa shape index (κ2) is 10.9. The summed E-state index contributed by atoms with van der Waals surface area (Å²) in [6, 6.07) is 12.3. The molecule has 2 N–H and O–H groups in total. The van der Waals surface area contributed by atoms with Crippen LogP contribution >= 0.6 is 0 Å². The van der Waals surface area contributed by atoms with Gasteiger partial charge in [0.15, 0.2) is 11.5 Å². The SMILES string of the molecule is CCOc1ccc(/C=C/C(=O)Nc2ccc(C(=O)NC(C)C)cc2)cc1OCC. The predicted molar refractivity (Wildman–Crippen MR) is 115 cm³/mol. The summed E-state index contributed by atoms with van der Waals surface area (Å²) < 4.78 is 11.1. The summed E-state index contributed by atoms with van der Waals surface area (Å²) in [6.45, 7) is 8.70. The highest BCUT2D eigenvalue weighted by Gasteiger charge is 2.08. The molecule has 0 heterocycles. The molecule has 0 bridgehead atoms. The van der Waals surface area contributed by atoms with Gasteiger partial charge >= 0.3 is 0 Å². The van der Waals surface area contributed by atoms with Gasteiger partial charge in [0.2, 0.25) is 5.91 Å². The minimum absolute atomic E-state index is 0.0675. The Morgan fingerprint density at radius 3 is 2.24 bits per heavy atom. The Kier molecular flexibility index (Phi) is 8.27. The van der Waals surface area contributed by atoms with Crippen molar-refractivity contribution in [1.82, 2.24) is 5.32 Å². The third kappa shape index (κ3) is 6.99. The van der Waals surface area contributed by atoms with Crippen molar-refractivity contribution in [3.05, 3.63) is 59.7 Å². The number of hydrogen-bond acceptors (Lipinski definition) is 4. The van der Waals surface area contributed by atoms with E-state index in [0.717, 1.165) is 5.56 Å². The molecule has 29 heavy (non-hydrogen) atoms. The second-order valence-corrected chi connectivity index (χ2v) is 6.60. The summed E-state index contributed by atoms with van der Waals surface area (Å²) in [5.74, 6) is 0.916. The molecule has 0 saturated heterocycles. The lowest BCUT2D eigenvalue weighted by atomic mass is 10.1. The molecule has 0 fully saturated rings. The van der Waals surface area contributed by atoms with Crippen molar-refractivity contribution in [2.75, 3.05) is 18.5 Å². The normalized spacial score (nSPS) is 10.8. The van der Waals surface area contributed by atoms with E-state index in [4.69, 9.17) is 9.47 Å². The van der Waals surface area contributed by atoms with Crippen molar-refractivity contribution in [2.45, 2.75) is 33.7 Å². The Labute approximate surface area is 171 Å². The minimum Gasteiger partial charge on any atom is -0.490 e. The van der Waals surface area contributed by atoms with Crippen molar-refractivity contribution in [3.8, 4) is 11.5 Å². The molecule has 0 aliphatic rings. The van der Waals surface area contributed by atoms with Crippen molar-refractivity contribution in [3.63, 3.8) is 0 Å². The van der Waals surface area contributed by atoms with E-state index in [1.54, 1.807) is 30.3 Å². The standard InChI is InChI=1S/C23H28N2O4/c1-5-28-20-13-7-17(15-21(20)29-6-2)8-14-22(26)25-19-11-9-18(10-12-19)23(27)24-16(3)4/h7-16H,5-6H2,1-4H3,(H,24,27)(H,25,26)/b14-8+. The van der Waals surface area contributed by atoms with Gasteiger partial charge in [-0.3, -0.25) is 9.59 Å². The average Bonchev–Trinajstić information content (AvgIpc) is 2.68. The first kappa shape index (κ1) is 22.0. The summed E-state index contributed by atoms with van der Waals surface area (Å²) >= 11 is 0. The van der Waals surface area contributed by atoms with Crippen LogP contribution in [0.3, 0.4) is 0 Å². The van der Waals surface area contributed by atoms with Crippen LogP contribution in [0, 0.1) is 0 Å². The fourth-order valence-electron chi connectivity index (χ4n) is 2.58. The second-order valence-electron chi connectivity index (χ2n) is 6.60. The highest BCUT2D eigenvalue weighted by atomic mass is 16.5. The molecule has 0 unspecified atom stereocenters. The van der Waals surface area contributed by atoms with Crippen LogP contribution in [0.25, 0.3) is 6.08 Å². The molecular formula is C23H28N2O4. The van der Waals surface area contributed by atoms with E-state index in [9.17, 15) is 9.59 Å². The number of carbonyl (C=O) groups excluding carboxylic acids is 2. The number of amides is 2. The zero-order chi connectivity index (χ0) is 21.2. The Morgan fingerprint density at radius 1 is 0.966 bits per heavy atom. The molecule has 0 saturated carbocycles. The summed E-state index contributed by atoms with van der Waals surface area (Å²) in [6.07, 6.45) is 3.16. The van der Waals surface area contributed by atoms with Crippen LogP contribution < -0.4 is 20.1 Å². The molecule has 2 amide bonds. The first-order valence-corrected chi connectivity index (χ1v) is 9.72. The van der Waals surface area contributed by atoms with E-state index in [-0.39, 0.29) is 17.9 Å². The van der Waals surface area contributed by atoms with Crippen LogP contribution in [0.1, 0.15) is 43.6 Å². The summed E-state index contributed by atoms with van der Waals surface area (Å²) in [4.78, 5) is 24.2. The molecule has 6 nitrogen and oxygen atoms in total. The van der Waals surface area contributed by atoms with Gasteiger partial charge in [0.25, 0.3) is 5.91 Å². The van der Waals surface area contributed by atoms with Gasteiger partial charge in [-0.15, -0.1) is 0 Å². The fraction of sp³-hybridized carbons (Fsp3) is 0.304. The highest BCUT2D eigenvalue weighted by molar-refractivity contribution is 6.02. The topological polar surface area (TPSA) is 76.7 Å². The lowest BCUT2D eigenvalue weighted by Gasteiger charge is -2.11. The van der Waals surface area contributed by atoms with Gasteiger partial charge in [0.1, 0.15) is 0 Å². The van der Waals surface area contributed by atoms with Gasteiger partial charge in [-0.2, -0.15) is 0 Å². The number of nitrogens with one attached hydrogen (secondary N) is 2. The minimum atomic E-state index is -0.267. The van der Waals surface area contributed by atoms with Crippen LogP contribution in [0.5, 0.6) is 11.5 Å². The van der Waals surface area contributed by atoms with E-state index in [0.29, 0.717) is 36.0 Å². The quantitative estimate of drug-likeness (QED) is 0.621. The van der Waals surface area contributed by atoms with Gasteiger partial charge in [-0.05, 0) is 75.7 Å². The van der Waals surface area contributed by atoms with Gasteiger partial charge < -0.3 is 20.1 Å². The Balaban J connectivity index is 2.00. The fourth-order valence-corrected chi connectivity index (χ4v) is 2.58. The first-order valence-electron chi connectivity index (χ1n) is 9.72. The Morgan fingerprint density at radius 2 is 1.62 bits per heavy atom. The number of benzene rings is 2. The molecule has 2 rings (SSSR count). The van der Waals surface area contributed by atoms with E-state index >= 15 is 0 Å². The lowest BCUT2D eigenvalue weighted by molar-refractivity contribution is -0.111. The molecule has 0 radical (unpaired) electrons. The third-order valence-electron chi connectivity index (χ3n) is 3.83. The molecule has 154 valence electrons. The summed E-state index contributed by atoms with van der Waals surface area (Å²) in [7, 11) is 0. The van der Waals surface area contributed by atoms with Crippen molar-refractivity contribution < 1.29 is 19.1 Å². The molecule has 0 spiro atoms. The van der Waals surface area contributed by atoms with E-state index in [1.807, 2.05) is 45.9 Å². The third-order valence-corrected chi connectivity index (χ3v) is 3.83. The first-order chi connectivity index (χ1) is 13.9. The number of anilines is 1. The molecule has 0 aliphatic carbocycles. The van der Waals surface area contributed by atoms with E-state index in [2.05, 4.69) is 10.6 Å². The van der Waals surface area contributed by atoms with E-state index in [1.165, 1.54) is 6.08 Å². The smallest absolute Gasteiger partial charge is 0.251 e. The lowest BCUT2D eigenvalue weighted by Crippen LogP contribution is -2.29. The van der Waals surface area contributed by atoms with Crippen LogP contribution in [0.15, 0.2) is 48.5 Å². The average molecular weight is 396 g/mol. The molecule has 2 aromatic rings. The Bertz CT molecular complexity index is 858. The summed E-state index contributed by atoms with van der Waals surface area (Å²) in [5, 5.41) is 5.60. The monoisotopic (exact) mass is 396 g/mol. The number of ether oxygens (including phenoxy) is 2. The number of carbonyl (C=O) groups is 2. The zero-order valence-corrected chi connectivity index (χ0v) is 17.3. The molecule has 0 aromatic heterocycles. The number of rotatable bonds is 9. The predicted octanol–water partition coefficient (Wildman–Crippen LogP) is 4.27. The molecule has 0 atom stereocenters. The van der Waals surface area contributed by atoms with Gasteiger partial charge in [-0.25, -0.2) is 0 Å². The maximum Gasteiger partial charge on any atom is 0.251 e. The van der Waals surface area contributed by atoms with Gasteiger partial charge in [0.05, 0.1) is 13.2 Å². The maximum absolute atomic E-state index is 12.2. The van der Waals surface area contributed by atoms with Crippen molar-refractivity contribution >= 4 is 23.6 Å². The van der Waals surface area contributed by atoms with E-state index < -0.39 is 0 Å². The Hall–Kier alpha value is -3.28. The van der Waals surface area contributed by atoms with Crippen LogP contribution in [-0.4, -0.2) is 31.1 Å². The van der Waals surface area contributed by atoms with Gasteiger partial charge in [-0.1, -0.05) is 6.07 Å². The van der Waals surface area contributed by atoms with Crippen LogP contribution in [0.2, 0.25) is 0 Å². The van der Waals surface area contributed by atoms with Crippen molar-refractivity contribution in [1.29, 1.82) is 0 Å².